The number of methoxy groups -OCH3 is 3. The van der Waals surface area contributed by atoms with Crippen LogP contribution in [-0.2, 0) is 12.8 Å². The van der Waals surface area contributed by atoms with Crippen LogP contribution in [0.15, 0.2) is 53.1 Å². The van der Waals surface area contributed by atoms with Crippen molar-refractivity contribution in [2.75, 3.05) is 21.3 Å². The maximum Gasteiger partial charge on any atom is 0.174 e. The number of rotatable bonds is 11. The molecule has 0 radical (unpaired) electrons. The van der Waals surface area contributed by atoms with Crippen LogP contribution in [0, 0.1) is 0 Å². The van der Waals surface area contributed by atoms with Crippen LogP contribution in [0.2, 0.25) is 0 Å². The molecule has 0 aromatic heterocycles. The molecular weight excluding hydrogens is 492 g/mol. The summed E-state index contributed by atoms with van der Waals surface area (Å²) in [5.74, 6) is 1.89. The molecule has 0 spiro atoms. The smallest absolute Gasteiger partial charge is 0.174 e. The van der Waals surface area contributed by atoms with Crippen LogP contribution in [0.5, 0.6) is 28.7 Å². The molecule has 1 unspecified atom stereocenters. The van der Waals surface area contributed by atoms with E-state index >= 15 is 0 Å². The largest absolute Gasteiger partial charge is 0.507 e. The Morgan fingerprint density at radius 1 is 0.923 bits per heavy atom. The van der Waals surface area contributed by atoms with Crippen LogP contribution < -0.4 is 18.9 Å². The van der Waals surface area contributed by atoms with Gasteiger partial charge in [0.2, 0.25) is 0 Å². The third kappa shape index (κ3) is 7.05. The predicted molar refractivity (Wildman–Crippen MR) is 156 cm³/mol. The number of allylic oxidation sites excluding steroid dienone is 6. The molecule has 0 saturated carbocycles. The van der Waals surface area contributed by atoms with E-state index in [1.165, 1.54) is 24.3 Å². The van der Waals surface area contributed by atoms with E-state index in [0.717, 1.165) is 29.5 Å². The van der Waals surface area contributed by atoms with E-state index in [9.17, 15) is 9.90 Å². The summed E-state index contributed by atoms with van der Waals surface area (Å²) in [6.45, 7) is 10.3. The van der Waals surface area contributed by atoms with Crippen molar-refractivity contribution in [1.29, 1.82) is 0 Å². The number of phenolic OH excluding ortho intramolecular Hbond substituents is 1. The highest BCUT2D eigenvalue weighted by atomic mass is 16.5. The summed E-state index contributed by atoms with van der Waals surface area (Å²) in [6.07, 6.45) is 9.04. The van der Waals surface area contributed by atoms with Crippen LogP contribution in [-0.4, -0.2) is 32.2 Å². The van der Waals surface area contributed by atoms with E-state index in [2.05, 4.69) is 32.9 Å². The number of Topliss-reactive ketones (excluding diaryl/α,β-unsaturated/α-hetero) is 1. The molecule has 39 heavy (non-hydrogen) atoms. The Kier molecular flexibility index (Phi) is 10.3. The topological polar surface area (TPSA) is 74.2 Å². The number of benzene rings is 2. The zero-order chi connectivity index (χ0) is 28.7. The van der Waals surface area contributed by atoms with Gasteiger partial charge in [-0.25, -0.2) is 0 Å². The van der Waals surface area contributed by atoms with E-state index in [1.807, 2.05) is 32.1 Å². The van der Waals surface area contributed by atoms with Crippen LogP contribution in [0.3, 0.4) is 0 Å². The SMILES string of the molecule is COc1ccc(C2CC(=O)c3c(cc(O)c(CC=C(C)C)c3OC)O2)c(C/C=C(\C)CCC=C(C)C)c1OC. The number of fused-ring (bicyclic) bond motifs is 1. The highest BCUT2D eigenvalue weighted by Gasteiger charge is 2.35. The third-order valence-electron chi connectivity index (χ3n) is 6.94. The minimum absolute atomic E-state index is 0.0407. The minimum Gasteiger partial charge on any atom is -0.507 e. The van der Waals surface area contributed by atoms with E-state index in [4.69, 9.17) is 18.9 Å². The molecule has 2 aromatic rings. The first-order valence-corrected chi connectivity index (χ1v) is 13.4. The van der Waals surface area contributed by atoms with Crippen molar-refractivity contribution in [3.63, 3.8) is 0 Å². The third-order valence-corrected chi connectivity index (χ3v) is 6.94. The predicted octanol–water partition coefficient (Wildman–Crippen LogP) is 7.87. The molecule has 3 rings (SSSR count). The molecular formula is C33H42O6. The lowest BCUT2D eigenvalue weighted by Gasteiger charge is -2.30. The van der Waals surface area contributed by atoms with Crippen LogP contribution in [0.1, 0.15) is 87.0 Å². The number of carbonyl (C=O) groups is 1. The van der Waals surface area contributed by atoms with E-state index in [1.54, 1.807) is 14.2 Å². The standard InChI is InChI=1S/C33H42O6/c1-20(2)10-9-11-22(5)13-15-24-23(16-17-28(36-6)32(24)37-7)29-19-27(35)31-30(39-29)18-26(34)25(33(31)38-8)14-12-21(3)4/h10,12-13,16-18,29,34H,9,11,14-15,19H2,1-8H3/b22-13+. The fourth-order valence-electron chi connectivity index (χ4n) is 4.87. The summed E-state index contributed by atoms with van der Waals surface area (Å²) >= 11 is 0. The molecule has 1 aliphatic rings. The van der Waals surface area contributed by atoms with Crippen molar-refractivity contribution >= 4 is 5.78 Å². The van der Waals surface area contributed by atoms with Crippen molar-refractivity contribution in [1.82, 2.24) is 0 Å². The first kappa shape index (κ1) is 29.9. The summed E-state index contributed by atoms with van der Waals surface area (Å²) in [5, 5.41) is 10.8. The first-order valence-electron chi connectivity index (χ1n) is 13.4. The molecule has 0 aliphatic carbocycles. The average Bonchev–Trinajstić information content (AvgIpc) is 2.89. The fraction of sp³-hybridized carbons (Fsp3) is 0.424. The zero-order valence-corrected chi connectivity index (χ0v) is 24.6. The number of carbonyl (C=O) groups excluding carboxylic acids is 1. The summed E-state index contributed by atoms with van der Waals surface area (Å²) in [7, 11) is 4.75. The van der Waals surface area contributed by atoms with Crippen molar-refractivity contribution in [2.45, 2.75) is 72.8 Å². The second-order valence-electron chi connectivity index (χ2n) is 10.4. The van der Waals surface area contributed by atoms with Gasteiger partial charge < -0.3 is 24.1 Å². The number of hydrogen-bond donors (Lipinski definition) is 1. The average molecular weight is 535 g/mol. The minimum atomic E-state index is -0.549. The molecule has 0 bridgehead atoms. The Morgan fingerprint density at radius 3 is 2.21 bits per heavy atom. The molecule has 2 aromatic carbocycles. The maximum atomic E-state index is 13.5. The Balaban J connectivity index is 2.03. The number of ether oxygens (including phenoxy) is 4. The van der Waals surface area contributed by atoms with Crippen LogP contribution >= 0.6 is 0 Å². The summed E-state index contributed by atoms with van der Waals surface area (Å²) < 4.78 is 23.4. The van der Waals surface area contributed by atoms with Gasteiger partial charge in [0.15, 0.2) is 17.3 Å². The van der Waals surface area contributed by atoms with Gasteiger partial charge in [0.25, 0.3) is 0 Å². The lowest BCUT2D eigenvalue weighted by atomic mass is 9.89. The molecule has 1 heterocycles. The molecule has 6 nitrogen and oxygen atoms in total. The highest BCUT2D eigenvalue weighted by Crippen LogP contribution is 2.47. The van der Waals surface area contributed by atoms with E-state index in [0.29, 0.717) is 47.0 Å². The molecule has 1 atom stereocenters. The highest BCUT2D eigenvalue weighted by molar-refractivity contribution is 6.03. The van der Waals surface area contributed by atoms with Gasteiger partial charge in [-0.1, -0.05) is 41.0 Å². The van der Waals surface area contributed by atoms with Gasteiger partial charge in [-0.15, -0.1) is 0 Å². The second-order valence-corrected chi connectivity index (χ2v) is 10.4. The van der Waals surface area contributed by atoms with Crippen LogP contribution in [0.4, 0.5) is 0 Å². The fourth-order valence-corrected chi connectivity index (χ4v) is 4.87. The second kappa shape index (κ2) is 13.4. The number of hydrogen-bond acceptors (Lipinski definition) is 6. The molecule has 1 aliphatic heterocycles. The normalized spacial score (nSPS) is 14.7. The Hall–Kier alpha value is -3.67. The first-order chi connectivity index (χ1) is 18.6. The van der Waals surface area contributed by atoms with E-state index in [-0.39, 0.29) is 18.0 Å². The van der Waals surface area contributed by atoms with Crippen molar-refractivity contribution in [3.05, 3.63) is 75.4 Å². The van der Waals surface area contributed by atoms with Gasteiger partial charge >= 0.3 is 0 Å². The summed E-state index contributed by atoms with van der Waals surface area (Å²) in [4.78, 5) is 13.5. The molecule has 0 saturated heterocycles. The van der Waals surface area contributed by atoms with Gasteiger partial charge in [0, 0.05) is 22.8 Å². The number of phenols is 1. The zero-order valence-electron chi connectivity index (χ0n) is 24.6. The van der Waals surface area contributed by atoms with E-state index < -0.39 is 6.10 Å². The van der Waals surface area contributed by atoms with Gasteiger partial charge in [0.05, 0.1) is 27.8 Å². The number of ketones is 1. The quantitative estimate of drug-likeness (QED) is 0.296. The number of aromatic hydroxyl groups is 1. The Bertz CT molecular complexity index is 1290. The molecule has 0 amide bonds. The lowest BCUT2D eigenvalue weighted by molar-refractivity contribution is 0.0842. The molecule has 6 heteroatoms. The summed E-state index contributed by atoms with van der Waals surface area (Å²) in [6, 6.07) is 5.31. The van der Waals surface area contributed by atoms with Crippen molar-refractivity contribution < 1.29 is 28.8 Å². The molecule has 210 valence electrons. The van der Waals surface area contributed by atoms with Crippen molar-refractivity contribution in [3.8, 4) is 28.7 Å². The maximum absolute atomic E-state index is 13.5. The van der Waals surface area contributed by atoms with Gasteiger partial charge in [-0.05, 0) is 66.4 Å². The monoisotopic (exact) mass is 534 g/mol. The Morgan fingerprint density at radius 2 is 1.59 bits per heavy atom. The van der Waals surface area contributed by atoms with Gasteiger partial charge in [-0.3, -0.25) is 4.79 Å². The van der Waals surface area contributed by atoms with Crippen LogP contribution in [0.25, 0.3) is 0 Å². The molecule has 1 N–H and O–H groups in total. The lowest BCUT2D eigenvalue weighted by Crippen LogP contribution is -2.23. The van der Waals surface area contributed by atoms with Crippen molar-refractivity contribution in [2.24, 2.45) is 0 Å². The summed E-state index contributed by atoms with van der Waals surface area (Å²) in [5.41, 5.74) is 6.41. The van der Waals surface area contributed by atoms with Gasteiger partial charge in [0.1, 0.15) is 28.9 Å². The molecule has 0 fully saturated rings. The van der Waals surface area contributed by atoms with Gasteiger partial charge in [-0.2, -0.15) is 0 Å². The Labute approximate surface area is 232 Å².